The second kappa shape index (κ2) is 4.75. The average Bonchev–Trinajstić information content (AvgIpc) is 2.18. The number of hydrogen-bond acceptors (Lipinski definition) is 3. The number of rotatable bonds is 4. The first-order valence-electron chi connectivity index (χ1n) is 4.38. The van der Waals surface area contributed by atoms with Crippen molar-refractivity contribution in [2.75, 3.05) is 0 Å². The third kappa shape index (κ3) is 2.92. The summed E-state index contributed by atoms with van der Waals surface area (Å²) in [6.07, 6.45) is 0.0917. The number of aliphatic carboxylic acids is 1. The van der Waals surface area contributed by atoms with Crippen molar-refractivity contribution in [2.24, 2.45) is 5.73 Å². The number of nitrogens with two attached hydrogens (primary N) is 1. The van der Waals surface area contributed by atoms with Crippen LogP contribution in [0.1, 0.15) is 15.9 Å². The van der Waals surface area contributed by atoms with Crippen LogP contribution in [0.3, 0.4) is 0 Å². The summed E-state index contributed by atoms with van der Waals surface area (Å²) in [7, 11) is 5.14. The lowest BCUT2D eigenvalue weighted by Crippen LogP contribution is -2.32. The van der Waals surface area contributed by atoms with E-state index < -0.39 is 17.7 Å². The van der Waals surface area contributed by atoms with Gasteiger partial charge in [0.2, 0.25) is 0 Å². The van der Waals surface area contributed by atoms with Crippen molar-refractivity contribution in [3.63, 3.8) is 0 Å². The van der Waals surface area contributed by atoms with Gasteiger partial charge in [-0.05, 0) is 12.0 Å². The van der Waals surface area contributed by atoms with Crippen LogP contribution in [0.4, 0.5) is 0 Å². The Labute approximate surface area is 88.5 Å². The molecular formula is C10H10BNO3. The fourth-order valence-corrected chi connectivity index (χ4v) is 1.26. The summed E-state index contributed by atoms with van der Waals surface area (Å²) >= 11 is 0. The Kier molecular flexibility index (Phi) is 3.63. The molecule has 76 valence electrons. The lowest BCUT2D eigenvalue weighted by Gasteiger charge is -2.09. The quantitative estimate of drug-likeness (QED) is 0.672. The Balaban J connectivity index is 2.94. The lowest BCUT2D eigenvalue weighted by molar-refractivity contribution is -0.138. The minimum atomic E-state index is -1.10. The number of carboxylic acid groups (broad SMARTS) is 1. The molecule has 0 saturated carbocycles. The molecule has 0 fully saturated rings. The second-order valence-corrected chi connectivity index (χ2v) is 3.17. The van der Waals surface area contributed by atoms with Crippen molar-refractivity contribution in [1.29, 1.82) is 0 Å². The van der Waals surface area contributed by atoms with Gasteiger partial charge in [-0.15, -0.1) is 0 Å². The molecule has 0 unspecified atom stereocenters. The number of carbonyl (C=O) groups is 2. The van der Waals surface area contributed by atoms with Gasteiger partial charge in [-0.3, -0.25) is 4.79 Å². The summed E-state index contributed by atoms with van der Waals surface area (Å²) in [6, 6.07) is 5.53. The summed E-state index contributed by atoms with van der Waals surface area (Å²) in [5.41, 5.74) is 5.66. The second-order valence-electron chi connectivity index (χ2n) is 3.17. The first-order chi connectivity index (χ1) is 7.02. The van der Waals surface area contributed by atoms with E-state index in [0.717, 1.165) is 0 Å². The predicted octanol–water partition coefficient (Wildman–Crippen LogP) is -0.0503. The molecule has 0 amide bonds. The van der Waals surface area contributed by atoms with Crippen LogP contribution >= 0.6 is 0 Å². The van der Waals surface area contributed by atoms with Gasteiger partial charge in [0.1, 0.15) is 11.7 Å². The lowest BCUT2D eigenvalue weighted by atomic mass is 9.89. The summed E-state index contributed by atoms with van der Waals surface area (Å²) in [5, 5.41) is 8.63. The Morgan fingerprint density at radius 2 is 2.00 bits per heavy atom. The summed E-state index contributed by atoms with van der Waals surface area (Å²) in [5.74, 6) is -1.10. The van der Waals surface area contributed by atoms with Crippen molar-refractivity contribution < 1.29 is 14.7 Å². The van der Waals surface area contributed by atoms with Gasteiger partial charge < -0.3 is 15.6 Å². The molecule has 0 aliphatic rings. The van der Waals surface area contributed by atoms with Gasteiger partial charge >= 0.3 is 5.97 Å². The zero-order chi connectivity index (χ0) is 11.4. The Morgan fingerprint density at radius 3 is 2.53 bits per heavy atom. The molecule has 0 heterocycles. The van der Waals surface area contributed by atoms with Crippen molar-refractivity contribution in [1.82, 2.24) is 0 Å². The summed E-state index contributed by atoms with van der Waals surface area (Å²) in [4.78, 5) is 21.6. The molecule has 4 nitrogen and oxygen atoms in total. The van der Waals surface area contributed by atoms with Gasteiger partial charge in [-0.2, -0.15) is 0 Å². The standard InChI is InChI=1S/C10H10BNO3/c11-9(13)7-4-2-1-3-6(7)5-8(12)10(14)15/h1-4,8H,5,12H2,(H,14,15)/t8-/m0/s1. The molecule has 0 aliphatic carbocycles. The predicted molar refractivity (Wildman–Crippen MR) is 55.8 cm³/mol. The molecule has 1 aromatic carbocycles. The molecule has 15 heavy (non-hydrogen) atoms. The van der Waals surface area contributed by atoms with E-state index >= 15 is 0 Å². The highest BCUT2D eigenvalue weighted by atomic mass is 16.4. The maximum Gasteiger partial charge on any atom is 0.320 e. The van der Waals surface area contributed by atoms with Crippen LogP contribution in [0.5, 0.6) is 0 Å². The molecule has 0 bridgehead atoms. The van der Waals surface area contributed by atoms with E-state index in [4.69, 9.17) is 18.7 Å². The van der Waals surface area contributed by atoms with E-state index in [2.05, 4.69) is 0 Å². The maximum atomic E-state index is 11.0. The van der Waals surface area contributed by atoms with Crippen molar-refractivity contribution in [3.05, 3.63) is 35.4 Å². The Morgan fingerprint density at radius 1 is 1.40 bits per heavy atom. The van der Waals surface area contributed by atoms with Crippen LogP contribution in [0.15, 0.2) is 24.3 Å². The van der Waals surface area contributed by atoms with E-state index in [1.54, 1.807) is 24.3 Å². The van der Waals surface area contributed by atoms with E-state index in [1.807, 2.05) is 0 Å². The summed E-state index contributed by atoms with van der Waals surface area (Å²) in [6.45, 7) is 0. The van der Waals surface area contributed by atoms with Gasteiger partial charge in [0, 0.05) is 5.56 Å². The molecule has 0 spiro atoms. The third-order valence-corrected chi connectivity index (χ3v) is 2.04. The molecule has 1 aromatic rings. The molecule has 1 atom stereocenters. The fourth-order valence-electron chi connectivity index (χ4n) is 1.26. The van der Waals surface area contributed by atoms with Crippen molar-refractivity contribution >= 4 is 19.5 Å². The van der Waals surface area contributed by atoms with Crippen molar-refractivity contribution in [2.45, 2.75) is 12.5 Å². The van der Waals surface area contributed by atoms with Gasteiger partial charge in [-0.25, -0.2) is 0 Å². The average molecular weight is 203 g/mol. The molecule has 0 aromatic heterocycles. The largest absolute Gasteiger partial charge is 0.480 e. The van der Waals surface area contributed by atoms with Gasteiger partial charge in [0.15, 0.2) is 7.85 Å². The molecule has 0 saturated heterocycles. The van der Waals surface area contributed by atoms with Crippen LogP contribution in [-0.4, -0.2) is 30.6 Å². The zero-order valence-corrected chi connectivity index (χ0v) is 8.01. The molecular weight excluding hydrogens is 193 g/mol. The van der Waals surface area contributed by atoms with Gasteiger partial charge in [-0.1, -0.05) is 24.3 Å². The monoisotopic (exact) mass is 203 g/mol. The van der Waals surface area contributed by atoms with Crippen LogP contribution in [0.25, 0.3) is 0 Å². The highest BCUT2D eigenvalue weighted by molar-refractivity contribution is 6.62. The van der Waals surface area contributed by atoms with Crippen LogP contribution in [-0.2, 0) is 11.2 Å². The smallest absolute Gasteiger partial charge is 0.320 e. The maximum absolute atomic E-state index is 11.0. The van der Waals surface area contributed by atoms with E-state index in [-0.39, 0.29) is 6.42 Å². The Hall–Kier alpha value is -1.62. The molecule has 3 N–H and O–H groups in total. The number of carboxylic acids is 1. The number of hydrogen-bond donors (Lipinski definition) is 2. The number of carbonyl (C=O) groups excluding carboxylic acids is 1. The Bertz CT molecular complexity index is 392. The molecule has 5 heteroatoms. The van der Waals surface area contributed by atoms with Gasteiger partial charge in [0.25, 0.3) is 0 Å². The van der Waals surface area contributed by atoms with E-state index in [0.29, 0.717) is 11.1 Å². The summed E-state index contributed by atoms with van der Waals surface area (Å²) < 4.78 is 0. The third-order valence-electron chi connectivity index (χ3n) is 2.04. The number of benzene rings is 1. The van der Waals surface area contributed by atoms with Crippen LogP contribution < -0.4 is 5.73 Å². The minimum absolute atomic E-state index is 0.0917. The molecule has 1 rings (SSSR count). The molecule has 2 radical (unpaired) electrons. The first kappa shape index (κ1) is 11.5. The van der Waals surface area contributed by atoms with Gasteiger partial charge in [0.05, 0.1) is 0 Å². The first-order valence-corrected chi connectivity index (χ1v) is 4.38. The highest BCUT2D eigenvalue weighted by Crippen LogP contribution is 2.10. The van der Waals surface area contributed by atoms with E-state index in [1.165, 1.54) is 0 Å². The normalized spacial score (nSPS) is 12.1. The van der Waals surface area contributed by atoms with Crippen molar-refractivity contribution in [3.8, 4) is 0 Å². The van der Waals surface area contributed by atoms with Crippen LogP contribution in [0.2, 0.25) is 0 Å². The fraction of sp³-hybridized carbons (Fsp3) is 0.200. The topological polar surface area (TPSA) is 80.4 Å². The minimum Gasteiger partial charge on any atom is -0.480 e. The van der Waals surface area contributed by atoms with Crippen LogP contribution in [0, 0.1) is 0 Å². The van der Waals surface area contributed by atoms with E-state index in [9.17, 15) is 9.59 Å². The SMILES string of the molecule is [B]C(=O)c1ccccc1C[C@H](N)C(=O)O. The highest BCUT2D eigenvalue weighted by Gasteiger charge is 2.15. The zero-order valence-electron chi connectivity index (χ0n) is 8.01. The molecule has 0 aliphatic heterocycles.